The first kappa shape index (κ1) is 15.7. The average molecular weight is 313 g/mol. The Balaban J connectivity index is 2.49. The number of benzene rings is 1. The molecule has 1 aliphatic rings. The van der Waals surface area contributed by atoms with E-state index in [1.807, 2.05) is 13.8 Å². The fourth-order valence-corrected chi connectivity index (χ4v) is 4.68. The van der Waals surface area contributed by atoms with Crippen molar-refractivity contribution in [2.45, 2.75) is 37.6 Å². The van der Waals surface area contributed by atoms with E-state index in [1.165, 1.54) is 16.4 Å². The number of hydrogen-bond donors (Lipinski definition) is 1. The molecular weight excluding hydrogens is 294 g/mol. The highest BCUT2D eigenvalue weighted by atomic mass is 32.2. The third-order valence-corrected chi connectivity index (χ3v) is 5.79. The van der Waals surface area contributed by atoms with Crippen LogP contribution >= 0.6 is 0 Å². The molecule has 1 heterocycles. The summed E-state index contributed by atoms with van der Waals surface area (Å²) in [6.07, 6.45) is 1.59. The SMILES string of the molecule is CC(C)C1CCCN1S(=O)(=O)c1cc([N+](=O)[O-])ccc1N. The fraction of sp³-hybridized carbons (Fsp3) is 0.538. The van der Waals surface area contributed by atoms with Crippen LogP contribution in [0, 0.1) is 16.0 Å². The van der Waals surface area contributed by atoms with E-state index < -0.39 is 14.9 Å². The number of nitro groups is 1. The Morgan fingerprint density at radius 3 is 2.67 bits per heavy atom. The van der Waals surface area contributed by atoms with Crippen molar-refractivity contribution in [1.82, 2.24) is 4.31 Å². The maximum Gasteiger partial charge on any atom is 0.270 e. The van der Waals surface area contributed by atoms with Crippen LogP contribution in [0.5, 0.6) is 0 Å². The van der Waals surface area contributed by atoms with Crippen LogP contribution in [-0.2, 0) is 10.0 Å². The van der Waals surface area contributed by atoms with E-state index in [0.717, 1.165) is 18.9 Å². The number of rotatable bonds is 4. The van der Waals surface area contributed by atoms with Gasteiger partial charge in [0.05, 0.1) is 10.6 Å². The van der Waals surface area contributed by atoms with Crippen LogP contribution in [0.3, 0.4) is 0 Å². The van der Waals surface area contributed by atoms with E-state index in [1.54, 1.807) is 0 Å². The van der Waals surface area contributed by atoms with Crippen LogP contribution in [0.4, 0.5) is 11.4 Å². The Morgan fingerprint density at radius 2 is 2.10 bits per heavy atom. The largest absolute Gasteiger partial charge is 0.398 e. The van der Waals surface area contributed by atoms with Crippen molar-refractivity contribution in [3.8, 4) is 0 Å². The van der Waals surface area contributed by atoms with Gasteiger partial charge in [-0.25, -0.2) is 8.42 Å². The van der Waals surface area contributed by atoms with Crippen molar-refractivity contribution >= 4 is 21.4 Å². The van der Waals surface area contributed by atoms with E-state index in [2.05, 4.69) is 0 Å². The van der Waals surface area contributed by atoms with E-state index in [9.17, 15) is 18.5 Å². The summed E-state index contributed by atoms with van der Waals surface area (Å²) in [6, 6.07) is 3.43. The molecule has 1 fully saturated rings. The van der Waals surface area contributed by atoms with E-state index in [4.69, 9.17) is 5.73 Å². The molecule has 0 spiro atoms. The van der Waals surface area contributed by atoms with E-state index in [0.29, 0.717) is 6.54 Å². The van der Waals surface area contributed by atoms with E-state index >= 15 is 0 Å². The van der Waals surface area contributed by atoms with Crippen molar-refractivity contribution in [2.24, 2.45) is 5.92 Å². The van der Waals surface area contributed by atoms with Crippen molar-refractivity contribution < 1.29 is 13.3 Å². The summed E-state index contributed by atoms with van der Waals surface area (Å²) in [7, 11) is -3.82. The standard InChI is InChI=1S/C13H19N3O4S/c1-9(2)12-4-3-7-15(12)21(19,20)13-8-10(16(17)18)5-6-11(13)14/h5-6,8-9,12H,3-4,7,14H2,1-2H3. The van der Waals surface area contributed by atoms with Gasteiger partial charge in [0.2, 0.25) is 10.0 Å². The first-order chi connectivity index (χ1) is 9.75. The molecule has 1 aromatic carbocycles. The van der Waals surface area contributed by atoms with Crippen molar-refractivity contribution in [2.75, 3.05) is 12.3 Å². The van der Waals surface area contributed by atoms with Crippen LogP contribution in [-0.4, -0.2) is 30.2 Å². The van der Waals surface area contributed by atoms with Gasteiger partial charge < -0.3 is 5.73 Å². The molecule has 1 atom stereocenters. The smallest absolute Gasteiger partial charge is 0.270 e. The number of nitrogen functional groups attached to an aromatic ring is 1. The minimum absolute atomic E-state index is 0.0370. The Bertz CT molecular complexity index is 657. The van der Waals surface area contributed by atoms with Gasteiger partial charge in [0, 0.05) is 24.7 Å². The zero-order chi connectivity index (χ0) is 15.8. The molecular formula is C13H19N3O4S. The summed E-state index contributed by atoms with van der Waals surface area (Å²) in [5.41, 5.74) is 5.50. The predicted molar refractivity (Wildman–Crippen MR) is 79.3 cm³/mol. The third kappa shape index (κ3) is 2.86. The van der Waals surface area contributed by atoms with Crippen molar-refractivity contribution in [3.05, 3.63) is 28.3 Å². The molecule has 2 N–H and O–H groups in total. The highest BCUT2D eigenvalue weighted by Gasteiger charge is 2.38. The van der Waals surface area contributed by atoms with Gasteiger partial charge in [0.15, 0.2) is 0 Å². The first-order valence-corrected chi connectivity index (χ1v) is 8.25. The van der Waals surface area contributed by atoms with Crippen LogP contribution in [0.15, 0.2) is 23.1 Å². The molecule has 21 heavy (non-hydrogen) atoms. The van der Waals surface area contributed by atoms with Gasteiger partial charge in [0.1, 0.15) is 4.90 Å². The summed E-state index contributed by atoms with van der Waals surface area (Å²) in [4.78, 5) is 10.0. The third-order valence-electron chi connectivity index (χ3n) is 3.81. The highest BCUT2D eigenvalue weighted by Crippen LogP contribution is 2.33. The summed E-state index contributed by atoms with van der Waals surface area (Å²) in [5, 5.41) is 10.8. The minimum Gasteiger partial charge on any atom is -0.398 e. The van der Waals surface area contributed by atoms with E-state index in [-0.39, 0.29) is 28.2 Å². The Kier molecular flexibility index (Phi) is 4.20. The fourth-order valence-electron chi connectivity index (χ4n) is 2.72. The lowest BCUT2D eigenvalue weighted by molar-refractivity contribution is -0.385. The summed E-state index contributed by atoms with van der Waals surface area (Å²) < 4.78 is 27.0. The number of nitro benzene ring substituents is 1. The topological polar surface area (TPSA) is 107 Å². The average Bonchev–Trinajstić information content (AvgIpc) is 2.88. The molecule has 0 bridgehead atoms. The molecule has 0 aliphatic carbocycles. The molecule has 8 heteroatoms. The molecule has 1 saturated heterocycles. The molecule has 1 unspecified atom stereocenters. The molecule has 7 nitrogen and oxygen atoms in total. The lowest BCUT2D eigenvalue weighted by atomic mass is 10.0. The summed E-state index contributed by atoms with van der Waals surface area (Å²) in [5.74, 6) is 0.183. The second-order valence-corrected chi connectivity index (χ2v) is 7.41. The molecule has 1 aliphatic heterocycles. The number of hydrogen-bond acceptors (Lipinski definition) is 5. The monoisotopic (exact) mass is 313 g/mol. The number of non-ortho nitro benzene ring substituents is 1. The normalized spacial score (nSPS) is 20.0. The zero-order valence-corrected chi connectivity index (χ0v) is 12.8. The summed E-state index contributed by atoms with van der Waals surface area (Å²) >= 11 is 0. The number of nitrogens with zero attached hydrogens (tertiary/aromatic N) is 2. The van der Waals surface area contributed by atoms with Crippen molar-refractivity contribution in [3.63, 3.8) is 0 Å². The van der Waals surface area contributed by atoms with Gasteiger partial charge in [-0.2, -0.15) is 4.31 Å². The first-order valence-electron chi connectivity index (χ1n) is 6.81. The van der Waals surface area contributed by atoms with Crippen LogP contribution < -0.4 is 5.73 Å². The van der Waals surface area contributed by atoms with Crippen molar-refractivity contribution in [1.29, 1.82) is 0 Å². The minimum atomic E-state index is -3.82. The van der Waals surface area contributed by atoms with Crippen LogP contribution in [0.25, 0.3) is 0 Å². The van der Waals surface area contributed by atoms with Gasteiger partial charge in [-0.15, -0.1) is 0 Å². The molecule has 0 amide bonds. The maximum absolute atomic E-state index is 12.8. The number of anilines is 1. The highest BCUT2D eigenvalue weighted by molar-refractivity contribution is 7.89. The molecule has 116 valence electrons. The molecule has 0 radical (unpaired) electrons. The van der Waals surface area contributed by atoms with Gasteiger partial charge in [-0.3, -0.25) is 10.1 Å². The second-order valence-electron chi connectivity index (χ2n) is 5.55. The maximum atomic E-state index is 12.8. The molecule has 1 aromatic rings. The lowest BCUT2D eigenvalue weighted by Gasteiger charge is -2.27. The van der Waals surface area contributed by atoms with Crippen LogP contribution in [0.2, 0.25) is 0 Å². The Labute approximate surface area is 123 Å². The molecule has 2 rings (SSSR count). The van der Waals surface area contributed by atoms with Gasteiger partial charge >= 0.3 is 0 Å². The lowest BCUT2D eigenvalue weighted by Crippen LogP contribution is -2.38. The summed E-state index contributed by atoms with van der Waals surface area (Å²) in [6.45, 7) is 4.36. The quantitative estimate of drug-likeness (QED) is 0.519. The second kappa shape index (κ2) is 5.61. The Hall–Kier alpha value is -1.67. The van der Waals surface area contributed by atoms with Gasteiger partial charge in [0.25, 0.3) is 5.69 Å². The van der Waals surface area contributed by atoms with Crippen LogP contribution in [0.1, 0.15) is 26.7 Å². The number of sulfonamides is 1. The molecule has 0 saturated carbocycles. The van der Waals surface area contributed by atoms with Gasteiger partial charge in [-0.05, 0) is 24.8 Å². The Morgan fingerprint density at radius 1 is 1.43 bits per heavy atom. The predicted octanol–water partition coefficient (Wildman–Crippen LogP) is 1.99. The number of nitrogens with two attached hydrogens (primary N) is 1. The van der Waals surface area contributed by atoms with Gasteiger partial charge in [-0.1, -0.05) is 13.8 Å². The molecule has 0 aromatic heterocycles. The zero-order valence-electron chi connectivity index (χ0n) is 12.0.